The van der Waals surface area contributed by atoms with Crippen LogP contribution in [0.2, 0.25) is 0 Å². The highest BCUT2D eigenvalue weighted by Gasteiger charge is 2.25. The van der Waals surface area contributed by atoms with Crippen molar-refractivity contribution in [3.05, 3.63) is 0 Å². The van der Waals surface area contributed by atoms with Crippen molar-refractivity contribution in [1.82, 2.24) is 5.32 Å². The average molecular weight is 129 g/mol. The van der Waals surface area contributed by atoms with Crippen molar-refractivity contribution in [3.63, 3.8) is 0 Å². The number of hydrogen-bond acceptors (Lipinski definition) is 2. The molecular weight excluding hydrogens is 114 g/mol. The van der Waals surface area contributed by atoms with Crippen LogP contribution in [0.5, 0.6) is 0 Å². The molecule has 0 heterocycles. The smallest absolute Gasteiger partial charge is 0.0546 e. The largest absolute Gasteiger partial charge is 0.393 e. The Morgan fingerprint density at radius 1 is 1.56 bits per heavy atom. The minimum Gasteiger partial charge on any atom is -0.393 e. The van der Waals surface area contributed by atoms with E-state index in [0.717, 1.165) is 31.8 Å². The minimum atomic E-state index is 0.00801. The molecule has 0 bridgehead atoms. The summed E-state index contributed by atoms with van der Waals surface area (Å²) in [6.07, 6.45) is 2.02. The van der Waals surface area contributed by atoms with E-state index in [-0.39, 0.29) is 6.10 Å². The van der Waals surface area contributed by atoms with Gasteiger partial charge in [-0.1, -0.05) is 6.92 Å². The van der Waals surface area contributed by atoms with E-state index in [1.165, 1.54) is 0 Å². The maximum atomic E-state index is 8.89. The molecule has 0 aromatic heterocycles. The van der Waals surface area contributed by atoms with E-state index in [9.17, 15) is 0 Å². The second kappa shape index (κ2) is 3.18. The van der Waals surface area contributed by atoms with Crippen molar-refractivity contribution in [3.8, 4) is 0 Å². The Balaban J connectivity index is 1.91. The van der Waals surface area contributed by atoms with E-state index in [0.29, 0.717) is 0 Å². The molecule has 0 aliphatic heterocycles. The van der Waals surface area contributed by atoms with E-state index < -0.39 is 0 Å². The fourth-order valence-corrected chi connectivity index (χ4v) is 1.22. The van der Waals surface area contributed by atoms with Crippen LogP contribution >= 0.6 is 0 Å². The molecule has 9 heavy (non-hydrogen) atoms. The Labute approximate surface area is 56.3 Å². The first-order chi connectivity index (χ1) is 4.33. The van der Waals surface area contributed by atoms with Crippen LogP contribution in [-0.4, -0.2) is 24.3 Å². The monoisotopic (exact) mass is 129 g/mol. The van der Waals surface area contributed by atoms with Crippen molar-refractivity contribution >= 4 is 0 Å². The van der Waals surface area contributed by atoms with Gasteiger partial charge in [-0.25, -0.2) is 0 Å². The molecule has 0 saturated heterocycles. The molecule has 2 N–H and O–H groups in total. The summed E-state index contributed by atoms with van der Waals surface area (Å²) in [5.41, 5.74) is 0. The molecule has 0 atom stereocenters. The molecule has 0 radical (unpaired) electrons. The number of nitrogens with one attached hydrogen (secondary N) is 1. The number of aliphatic hydroxyl groups excluding tert-OH is 1. The predicted molar refractivity (Wildman–Crippen MR) is 37.3 cm³/mol. The number of hydrogen-bond donors (Lipinski definition) is 2. The van der Waals surface area contributed by atoms with E-state index >= 15 is 0 Å². The topological polar surface area (TPSA) is 32.3 Å². The molecule has 0 unspecified atom stereocenters. The molecule has 1 aliphatic rings. The summed E-state index contributed by atoms with van der Waals surface area (Å²) < 4.78 is 0. The summed E-state index contributed by atoms with van der Waals surface area (Å²) in [7, 11) is 0. The van der Waals surface area contributed by atoms with Crippen LogP contribution in [0.4, 0.5) is 0 Å². The van der Waals surface area contributed by atoms with Gasteiger partial charge >= 0.3 is 0 Å². The lowest BCUT2D eigenvalue weighted by molar-refractivity contribution is 0.0433. The zero-order valence-electron chi connectivity index (χ0n) is 5.93. The van der Waals surface area contributed by atoms with Gasteiger partial charge in [0.05, 0.1) is 6.10 Å². The highest BCUT2D eigenvalue weighted by atomic mass is 16.3. The highest BCUT2D eigenvalue weighted by molar-refractivity contribution is 4.79. The maximum Gasteiger partial charge on any atom is 0.0546 e. The minimum absolute atomic E-state index is 0.00801. The van der Waals surface area contributed by atoms with Crippen LogP contribution in [0.15, 0.2) is 0 Å². The molecule has 2 nitrogen and oxygen atoms in total. The standard InChI is InChI=1S/C7H15NO/c1-2-8-5-6-3-7(9)4-6/h6-9H,2-5H2,1H3. The van der Waals surface area contributed by atoms with Gasteiger partial charge in [0, 0.05) is 0 Å². The summed E-state index contributed by atoms with van der Waals surface area (Å²) in [5.74, 6) is 0.750. The summed E-state index contributed by atoms with van der Waals surface area (Å²) in [6.45, 7) is 4.25. The van der Waals surface area contributed by atoms with Crippen LogP contribution in [0.3, 0.4) is 0 Å². The third-order valence-electron chi connectivity index (χ3n) is 1.89. The number of aliphatic hydroxyl groups is 1. The van der Waals surface area contributed by atoms with Crippen molar-refractivity contribution in [2.24, 2.45) is 5.92 Å². The second-order valence-electron chi connectivity index (χ2n) is 2.80. The first kappa shape index (κ1) is 7.03. The first-order valence-corrected chi connectivity index (χ1v) is 3.71. The third-order valence-corrected chi connectivity index (χ3v) is 1.89. The Hall–Kier alpha value is -0.0800. The molecule has 0 aromatic rings. The molecule has 1 saturated carbocycles. The van der Waals surface area contributed by atoms with Gasteiger partial charge in [-0.3, -0.25) is 0 Å². The van der Waals surface area contributed by atoms with Gasteiger partial charge in [0.1, 0.15) is 0 Å². The average Bonchev–Trinajstić information content (AvgIpc) is 1.78. The van der Waals surface area contributed by atoms with Crippen molar-refractivity contribution in [1.29, 1.82) is 0 Å². The Bertz CT molecular complexity index is 79.0. The van der Waals surface area contributed by atoms with E-state index in [4.69, 9.17) is 5.11 Å². The second-order valence-corrected chi connectivity index (χ2v) is 2.80. The van der Waals surface area contributed by atoms with E-state index in [1.807, 2.05) is 0 Å². The van der Waals surface area contributed by atoms with Crippen LogP contribution in [-0.2, 0) is 0 Å². The highest BCUT2D eigenvalue weighted by Crippen LogP contribution is 2.25. The van der Waals surface area contributed by atoms with Gasteiger partial charge in [0.25, 0.3) is 0 Å². The van der Waals surface area contributed by atoms with Crippen LogP contribution in [0.25, 0.3) is 0 Å². The Morgan fingerprint density at radius 3 is 2.67 bits per heavy atom. The zero-order valence-corrected chi connectivity index (χ0v) is 5.93. The van der Waals surface area contributed by atoms with Crippen LogP contribution in [0, 0.1) is 5.92 Å². The van der Waals surface area contributed by atoms with Gasteiger partial charge in [0.15, 0.2) is 0 Å². The van der Waals surface area contributed by atoms with Gasteiger partial charge in [-0.15, -0.1) is 0 Å². The molecule has 54 valence electrons. The van der Waals surface area contributed by atoms with Gasteiger partial charge in [-0.05, 0) is 31.8 Å². The fourth-order valence-electron chi connectivity index (χ4n) is 1.22. The SMILES string of the molecule is CCNCC1CC(O)C1. The molecule has 1 fully saturated rings. The van der Waals surface area contributed by atoms with E-state index in [2.05, 4.69) is 12.2 Å². The van der Waals surface area contributed by atoms with Gasteiger partial charge in [0.2, 0.25) is 0 Å². The molecular formula is C7H15NO. The normalized spacial score (nSPS) is 34.0. The number of rotatable bonds is 3. The summed E-state index contributed by atoms with van der Waals surface area (Å²) in [5, 5.41) is 12.1. The predicted octanol–water partition coefficient (Wildman–Crippen LogP) is 0.367. The molecule has 0 amide bonds. The van der Waals surface area contributed by atoms with Crippen molar-refractivity contribution < 1.29 is 5.11 Å². The quantitative estimate of drug-likeness (QED) is 0.577. The van der Waals surface area contributed by atoms with Crippen molar-refractivity contribution in [2.75, 3.05) is 13.1 Å². The lowest BCUT2D eigenvalue weighted by atomic mass is 9.82. The lowest BCUT2D eigenvalue weighted by Gasteiger charge is -2.31. The zero-order chi connectivity index (χ0) is 6.69. The molecule has 1 rings (SSSR count). The third kappa shape index (κ3) is 1.95. The summed E-state index contributed by atoms with van der Waals surface area (Å²) in [4.78, 5) is 0. The summed E-state index contributed by atoms with van der Waals surface area (Å²) >= 11 is 0. The Kier molecular flexibility index (Phi) is 2.49. The van der Waals surface area contributed by atoms with Crippen LogP contribution < -0.4 is 5.32 Å². The summed E-state index contributed by atoms with van der Waals surface area (Å²) in [6, 6.07) is 0. The lowest BCUT2D eigenvalue weighted by Crippen LogP contribution is -2.35. The molecule has 1 aliphatic carbocycles. The maximum absolute atomic E-state index is 8.89. The molecule has 0 aromatic carbocycles. The molecule has 2 heteroatoms. The van der Waals surface area contributed by atoms with Crippen LogP contribution in [0.1, 0.15) is 19.8 Å². The molecule has 0 spiro atoms. The van der Waals surface area contributed by atoms with Gasteiger partial charge < -0.3 is 10.4 Å². The van der Waals surface area contributed by atoms with Crippen molar-refractivity contribution in [2.45, 2.75) is 25.9 Å². The first-order valence-electron chi connectivity index (χ1n) is 3.71. The fraction of sp³-hybridized carbons (Fsp3) is 1.00. The Morgan fingerprint density at radius 2 is 2.22 bits per heavy atom. The van der Waals surface area contributed by atoms with E-state index in [1.54, 1.807) is 0 Å². The van der Waals surface area contributed by atoms with Gasteiger partial charge in [-0.2, -0.15) is 0 Å².